The zero-order valence-corrected chi connectivity index (χ0v) is 8.45. The van der Waals surface area contributed by atoms with Crippen LogP contribution in [0.15, 0.2) is 0 Å². The van der Waals surface area contributed by atoms with Gasteiger partial charge in [-0.15, -0.1) is 0 Å². The van der Waals surface area contributed by atoms with Crippen LogP contribution in [0.4, 0.5) is 0 Å². The Morgan fingerprint density at radius 2 is 2.29 bits per heavy atom. The second-order valence-electron chi connectivity index (χ2n) is 3.52. The highest BCUT2D eigenvalue weighted by molar-refractivity contribution is 5.81. The molecule has 1 atom stereocenters. The first-order chi connectivity index (χ1) is 6.65. The molecule has 1 fully saturated rings. The first kappa shape index (κ1) is 11.0. The highest BCUT2D eigenvalue weighted by Gasteiger charge is 2.29. The predicted molar refractivity (Wildman–Crippen MR) is 52.5 cm³/mol. The largest absolute Gasteiger partial charge is 0.370 e. The van der Waals surface area contributed by atoms with Crippen LogP contribution in [0.3, 0.4) is 0 Å². The van der Waals surface area contributed by atoms with E-state index in [0.29, 0.717) is 13.0 Å². The number of amides is 2. The van der Waals surface area contributed by atoms with Crippen LogP contribution >= 0.6 is 0 Å². The molecule has 1 aliphatic heterocycles. The van der Waals surface area contributed by atoms with Gasteiger partial charge in [0, 0.05) is 20.0 Å². The fourth-order valence-corrected chi connectivity index (χ4v) is 1.81. The van der Waals surface area contributed by atoms with Gasteiger partial charge in [0.15, 0.2) is 0 Å². The molecule has 1 heterocycles. The lowest BCUT2D eigenvalue weighted by Gasteiger charge is -2.22. The first-order valence-electron chi connectivity index (χ1n) is 4.89. The summed E-state index contributed by atoms with van der Waals surface area (Å²) in [5.74, 6) is -0.278. The van der Waals surface area contributed by atoms with E-state index in [1.165, 1.54) is 0 Å². The van der Waals surface area contributed by atoms with E-state index in [9.17, 15) is 9.59 Å². The summed E-state index contributed by atoms with van der Waals surface area (Å²) in [7, 11) is 1.63. The van der Waals surface area contributed by atoms with Gasteiger partial charge in [-0.05, 0) is 19.4 Å². The summed E-state index contributed by atoms with van der Waals surface area (Å²) in [4.78, 5) is 24.0. The molecule has 5 heteroatoms. The zero-order chi connectivity index (χ0) is 10.6. The van der Waals surface area contributed by atoms with E-state index in [1.54, 1.807) is 7.05 Å². The molecule has 0 saturated carbocycles. The highest BCUT2D eigenvalue weighted by atomic mass is 16.2. The molecule has 1 unspecified atom stereocenters. The van der Waals surface area contributed by atoms with Crippen molar-refractivity contribution in [1.29, 1.82) is 0 Å². The monoisotopic (exact) mass is 199 g/mol. The lowest BCUT2D eigenvalue weighted by atomic mass is 10.2. The number of hydrogen-bond acceptors (Lipinski definition) is 3. The average Bonchev–Trinajstić information content (AvgIpc) is 2.61. The molecule has 80 valence electrons. The average molecular weight is 199 g/mol. The Balaban J connectivity index is 2.42. The van der Waals surface area contributed by atoms with Crippen molar-refractivity contribution >= 4 is 11.8 Å². The third kappa shape index (κ3) is 2.70. The molecule has 0 aromatic carbocycles. The smallest absolute Gasteiger partial charge is 0.237 e. The molecule has 0 aromatic heterocycles. The Kier molecular flexibility index (Phi) is 3.88. The number of nitrogens with two attached hydrogens (primary N) is 1. The summed E-state index contributed by atoms with van der Waals surface area (Å²) < 4.78 is 0. The van der Waals surface area contributed by atoms with E-state index in [4.69, 9.17) is 5.73 Å². The van der Waals surface area contributed by atoms with Gasteiger partial charge in [0.2, 0.25) is 11.8 Å². The Bertz CT molecular complexity index is 230. The van der Waals surface area contributed by atoms with Crippen molar-refractivity contribution in [1.82, 2.24) is 10.2 Å². The summed E-state index contributed by atoms with van der Waals surface area (Å²) in [6.07, 6.45) is 2.21. The van der Waals surface area contributed by atoms with Gasteiger partial charge in [0.25, 0.3) is 0 Å². The summed E-state index contributed by atoms with van der Waals surface area (Å²) in [6.45, 7) is 1.47. The number of primary amides is 1. The normalized spacial score (nSPS) is 22.2. The maximum Gasteiger partial charge on any atom is 0.237 e. The maximum atomic E-state index is 11.4. The van der Waals surface area contributed by atoms with E-state index < -0.39 is 0 Å². The van der Waals surface area contributed by atoms with Crippen LogP contribution in [-0.2, 0) is 9.59 Å². The quantitative estimate of drug-likeness (QED) is 0.614. The van der Waals surface area contributed by atoms with Crippen molar-refractivity contribution in [2.75, 3.05) is 20.1 Å². The number of carbonyl (C=O) groups is 2. The summed E-state index contributed by atoms with van der Waals surface area (Å²) in [5.41, 5.74) is 5.06. The van der Waals surface area contributed by atoms with Gasteiger partial charge < -0.3 is 11.1 Å². The lowest BCUT2D eigenvalue weighted by molar-refractivity contribution is -0.126. The molecule has 1 rings (SSSR count). The highest BCUT2D eigenvalue weighted by Crippen LogP contribution is 2.17. The lowest BCUT2D eigenvalue weighted by Crippen LogP contribution is -2.42. The van der Waals surface area contributed by atoms with Gasteiger partial charge in [0.1, 0.15) is 0 Å². The van der Waals surface area contributed by atoms with Crippen molar-refractivity contribution in [3.8, 4) is 0 Å². The van der Waals surface area contributed by atoms with Crippen molar-refractivity contribution in [2.45, 2.75) is 25.3 Å². The minimum Gasteiger partial charge on any atom is -0.370 e. The molecule has 0 bridgehead atoms. The molecular formula is C9H17N3O2. The summed E-state index contributed by atoms with van der Waals surface area (Å²) in [6, 6.07) is -0.0700. The molecule has 1 aliphatic rings. The topological polar surface area (TPSA) is 75.4 Å². The van der Waals surface area contributed by atoms with Crippen LogP contribution in [0.1, 0.15) is 19.3 Å². The van der Waals surface area contributed by atoms with E-state index in [2.05, 4.69) is 5.32 Å². The third-order valence-electron chi connectivity index (χ3n) is 2.56. The van der Waals surface area contributed by atoms with Crippen LogP contribution in [-0.4, -0.2) is 42.9 Å². The predicted octanol–water partition coefficient (Wildman–Crippen LogP) is -0.928. The van der Waals surface area contributed by atoms with E-state index in [0.717, 1.165) is 19.4 Å². The number of nitrogens with one attached hydrogen (secondary N) is 1. The van der Waals surface area contributed by atoms with Gasteiger partial charge in [-0.2, -0.15) is 0 Å². The van der Waals surface area contributed by atoms with E-state index in [-0.39, 0.29) is 17.9 Å². The van der Waals surface area contributed by atoms with Gasteiger partial charge in [-0.25, -0.2) is 0 Å². The molecule has 0 aliphatic carbocycles. The fraction of sp³-hybridized carbons (Fsp3) is 0.778. The third-order valence-corrected chi connectivity index (χ3v) is 2.56. The molecule has 14 heavy (non-hydrogen) atoms. The van der Waals surface area contributed by atoms with Crippen LogP contribution in [0.2, 0.25) is 0 Å². The molecule has 2 amide bonds. The molecule has 0 aromatic rings. The van der Waals surface area contributed by atoms with Crippen molar-refractivity contribution in [3.63, 3.8) is 0 Å². The fourth-order valence-electron chi connectivity index (χ4n) is 1.81. The SMILES string of the molecule is CNC(=O)C1CCCN1CCC(N)=O. The summed E-state index contributed by atoms with van der Waals surface area (Å²) in [5, 5.41) is 2.63. The van der Waals surface area contributed by atoms with Crippen LogP contribution in [0.25, 0.3) is 0 Å². The Morgan fingerprint density at radius 1 is 1.57 bits per heavy atom. The van der Waals surface area contributed by atoms with Crippen LogP contribution < -0.4 is 11.1 Å². The maximum absolute atomic E-state index is 11.4. The Labute approximate surface area is 83.6 Å². The van der Waals surface area contributed by atoms with Gasteiger partial charge in [-0.3, -0.25) is 14.5 Å². The summed E-state index contributed by atoms with van der Waals surface area (Å²) >= 11 is 0. The van der Waals surface area contributed by atoms with Crippen LogP contribution in [0.5, 0.6) is 0 Å². The second-order valence-corrected chi connectivity index (χ2v) is 3.52. The van der Waals surface area contributed by atoms with Gasteiger partial charge in [0.05, 0.1) is 6.04 Å². The van der Waals surface area contributed by atoms with E-state index in [1.807, 2.05) is 4.90 Å². The van der Waals surface area contributed by atoms with E-state index >= 15 is 0 Å². The minimum atomic E-state index is -0.312. The number of likely N-dealkylation sites (N-methyl/N-ethyl adjacent to an activating group) is 1. The minimum absolute atomic E-state index is 0.0342. The Morgan fingerprint density at radius 3 is 2.86 bits per heavy atom. The number of nitrogens with zero attached hydrogens (tertiary/aromatic N) is 1. The zero-order valence-electron chi connectivity index (χ0n) is 8.45. The van der Waals surface area contributed by atoms with Crippen molar-refractivity contribution in [2.24, 2.45) is 5.73 Å². The number of rotatable bonds is 4. The second kappa shape index (κ2) is 4.95. The molecule has 1 saturated heterocycles. The van der Waals surface area contributed by atoms with Crippen molar-refractivity contribution in [3.05, 3.63) is 0 Å². The number of carbonyl (C=O) groups excluding carboxylic acids is 2. The molecule has 3 N–H and O–H groups in total. The molecule has 0 spiro atoms. The first-order valence-corrected chi connectivity index (χ1v) is 4.89. The van der Waals surface area contributed by atoms with Crippen molar-refractivity contribution < 1.29 is 9.59 Å². The molecule has 5 nitrogen and oxygen atoms in total. The van der Waals surface area contributed by atoms with Crippen LogP contribution in [0, 0.1) is 0 Å². The number of likely N-dealkylation sites (tertiary alicyclic amines) is 1. The molecule has 0 radical (unpaired) electrons. The Hall–Kier alpha value is -1.10. The molecular weight excluding hydrogens is 182 g/mol. The van der Waals surface area contributed by atoms with Gasteiger partial charge in [-0.1, -0.05) is 0 Å². The number of hydrogen-bond donors (Lipinski definition) is 2. The van der Waals surface area contributed by atoms with Gasteiger partial charge >= 0.3 is 0 Å². The standard InChI is InChI=1S/C9H17N3O2/c1-11-9(14)7-3-2-5-12(7)6-4-8(10)13/h7H,2-6H2,1H3,(H2,10,13)(H,11,14).